The molecule has 0 radical (unpaired) electrons. The first-order valence-electron chi connectivity index (χ1n) is 6.79. The molecule has 0 spiro atoms. The lowest BCUT2D eigenvalue weighted by molar-refractivity contribution is -0.904. The van der Waals surface area contributed by atoms with Gasteiger partial charge in [-0.2, -0.15) is 0 Å². The van der Waals surface area contributed by atoms with Gasteiger partial charge in [-0.1, -0.05) is 12.1 Å². The van der Waals surface area contributed by atoms with Crippen LogP contribution in [0, 0.1) is 0 Å². The highest BCUT2D eigenvalue weighted by Crippen LogP contribution is 2.18. The molecule has 114 valence electrons. The number of amides is 1. The highest BCUT2D eigenvalue weighted by atomic mass is 16.5. The number of pyridine rings is 1. The van der Waals surface area contributed by atoms with Gasteiger partial charge in [0.15, 0.2) is 0 Å². The molecule has 0 aliphatic rings. The second-order valence-electron chi connectivity index (χ2n) is 5.02. The maximum absolute atomic E-state index is 12.0. The lowest BCUT2D eigenvalue weighted by atomic mass is 10.0. The molecule has 0 saturated heterocycles. The summed E-state index contributed by atoms with van der Waals surface area (Å²) in [7, 11) is 0. The molecule has 0 bridgehead atoms. The molecule has 3 N–H and O–H groups in total. The highest BCUT2D eigenvalue weighted by molar-refractivity contribution is 5.95. The van der Waals surface area contributed by atoms with E-state index in [-0.39, 0.29) is 12.3 Å². The van der Waals surface area contributed by atoms with Crippen molar-refractivity contribution in [3.63, 3.8) is 0 Å². The summed E-state index contributed by atoms with van der Waals surface area (Å²) >= 11 is 0. The van der Waals surface area contributed by atoms with Crippen LogP contribution in [0.2, 0.25) is 0 Å². The number of benzene rings is 1. The number of rotatable bonds is 5. The lowest BCUT2D eigenvalue weighted by Crippen LogP contribution is -2.34. The molecule has 0 saturated carbocycles. The van der Waals surface area contributed by atoms with Crippen molar-refractivity contribution in [2.24, 2.45) is 0 Å². The van der Waals surface area contributed by atoms with Gasteiger partial charge in [0.25, 0.3) is 5.91 Å². The first kappa shape index (κ1) is 15.5. The molecule has 1 heterocycles. The number of carboxylic acids is 1. The van der Waals surface area contributed by atoms with Crippen LogP contribution >= 0.6 is 0 Å². The third-order valence-corrected chi connectivity index (χ3v) is 3.15. The van der Waals surface area contributed by atoms with Crippen LogP contribution in [0.4, 0.5) is 0 Å². The summed E-state index contributed by atoms with van der Waals surface area (Å²) in [4.78, 5) is 22.6. The van der Waals surface area contributed by atoms with E-state index in [0.717, 1.165) is 15.9 Å². The maximum atomic E-state index is 12.0. The van der Waals surface area contributed by atoms with Gasteiger partial charge in [-0.15, -0.1) is 0 Å². The monoisotopic (exact) mass is 301 g/mol. The number of aliphatic carboxylic acids is 1. The summed E-state index contributed by atoms with van der Waals surface area (Å²) in [5.41, 5.74) is 2.29. The van der Waals surface area contributed by atoms with Crippen molar-refractivity contribution >= 4 is 11.9 Å². The molecule has 1 amide bonds. The molecule has 6 nitrogen and oxygen atoms in total. The first-order chi connectivity index (χ1) is 10.5. The zero-order valence-corrected chi connectivity index (χ0v) is 12.1. The van der Waals surface area contributed by atoms with E-state index in [0.29, 0.717) is 5.56 Å². The van der Waals surface area contributed by atoms with Gasteiger partial charge in [0.1, 0.15) is 0 Å². The minimum absolute atomic E-state index is 0.116. The third kappa shape index (κ3) is 4.05. The van der Waals surface area contributed by atoms with Crippen LogP contribution in [0.3, 0.4) is 0 Å². The number of hydrogen-bond acceptors (Lipinski definition) is 3. The number of carbonyl (C=O) groups is 2. The van der Waals surface area contributed by atoms with E-state index >= 15 is 0 Å². The van der Waals surface area contributed by atoms with E-state index in [2.05, 4.69) is 5.32 Å². The molecule has 1 atom stereocenters. The Hall–Kier alpha value is -2.89. The molecule has 2 rings (SSSR count). The molecule has 1 aromatic carbocycles. The largest absolute Gasteiger partial charge is 0.481 e. The normalized spacial score (nSPS) is 11.7. The standard InChI is InChI=1S/C16H16N2O4/c1-11(10-15(19)20)17-16(21)14-4-2-12(3-5-14)13-6-8-18(22)9-7-13/h2-9,11H,10H2,1H3,(H2-,17,19,20,21,22)/p+1. The van der Waals surface area contributed by atoms with E-state index in [1.807, 2.05) is 0 Å². The second kappa shape index (κ2) is 6.71. The summed E-state index contributed by atoms with van der Waals surface area (Å²) in [6.07, 6.45) is 2.92. The molecule has 0 fully saturated rings. The smallest absolute Gasteiger partial charge is 0.305 e. The maximum Gasteiger partial charge on any atom is 0.305 e. The predicted octanol–water partition coefficient (Wildman–Crippen LogP) is 1.47. The molecule has 1 aromatic heterocycles. The zero-order chi connectivity index (χ0) is 16.1. The van der Waals surface area contributed by atoms with Crippen molar-refractivity contribution in [1.82, 2.24) is 5.32 Å². The van der Waals surface area contributed by atoms with E-state index in [9.17, 15) is 14.8 Å². The van der Waals surface area contributed by atoms with Crippen molar-refractivity contribution in [2.45, 2.75) is 19.4 Å². The van der Waals surface area contributed by atoms with Gasteiger partial charge in [-0.05, 0) is 30.2 Å². The van der Waals surface area contributed by atoms with Crippen LogP contribution in [0.1, 0.15) is 23.7 Å². The Labute approximate surface area is 127 Å². The SMILES string of the molecule is CC(CC(=O)O)NC(=O)c1ccc(-c2cc[n+](O)cc2)cc1. The summed E-state index contributed by atoms with van der Waals surface area (Å²) in [6.45, 7) is 1.65. The van der Waals surface area contributed by atoms with Crippen molar-refractivity contribution in [2.75, 3.05) is 0 Å². The van der Waals surface area contributed by atoms with Gasteiger partial charge >= 0.3 is 5.97 Å². The first-order valence-corrected chi connectivity index (χ1v) is 6.79. The van der Waals surface area contributed by atoms with E-state index < -0.39 is 12.0 Å². The molecule has 0 aliphatic heterocycles. The van der Waals surface area contributed by atoms with Crippen LogP contribution in [-0.4, -0.2) is 28.2 Å². The Kier molecular flexibility index (Phi) is 4.73. The third-order valence-electron chi connectivity index (χ3n) is 3.15. The average Bonchev–Trinajstić information content (AvgIpc) is 2.47. The fourth-order valence-corrected chi connectivity index (χ4v) is 2.05. The summed E-state index contributed by atoms with van der Waals surface area (Å²) in [5.74, 6) is -1.25. The molecular formula is C16H17N2O4+. The van der Waals surface area contributed by atoms with Gasteiger partial charge in [0.05, 0.1) is 6.42 Å². The Balaban J connectivity index is 2.06. The summed E-state index contributed by atoms with van der Waals surface area (Å²) in [5, 5.41) is 20.5. The van der Waals surface area contributed by atoms with Crippen LogP contribution < -0.4 is 10.0 Å². The predicted molar refractivity (Wildman–Crippen MR) is 78.4 cm³/mol. The molecular weight excluding hydrogens is 284 g/mol. The van der Waals surface area contributed by atoms with Crippen molar-refractivity contribution in [1.29, 1.82) is 0 Å². The number of hydrogen-bond donors (Lipinski definition) is 3. The summed E-state index contributed by atoms with van der Waals surface area (Å²) in [6, 6.07) is 10.0. The van der Waals surface area contributed by atoms with Gasteiger partial charge in [0.2, 0.25) is 12.4 Å². The molecule has 22 heavy (non-hydrogen) atoms. The second-order valence-corrected chi connectivity index (χ2v) is 5.02. The molecule has 2 aromatic rings. The van der Waals surface area contributed by atoms with Gasteiger partial charge in [0, 0.05) is 28.5 Å². The summed E-state index contributed by atoms with van der Waals surface area (Å²) < 4.78 is 0.954. The zero-order valence-electron chi connectivity index (χ0n) is 12.1. The number of nitrogens with zero attached hydrogens (tertiary/aromatic N) is 1. The van der Waals surface area contributed by atoms with Gasteiger partial charge in [-0.3, -0.25) is 14.8 Å². The average molecular weight is 301 g/mol. The number of aromatic nitrogens is 1. The Morgan fingerprint density at radius 2 is 1.64 bits per heavy atom. The molecule has 6 heteroatoms. The Bertz CT molecular complexity index is 666. The quantitative estimate of drug-likeness (QED) is 0.576. The molecule has 0 aliphatic carbocycles. The Morgan fingerprint density at radius 1 is 1.09 bits per heavy atom. The minimum atomic E-state index is -0.951. The van der Waals surface area contributed by atoms with Crippen LogP contribution in [0.15, 0.2) is 48.8 Å². The van der Waals surface area contributed by atoms with Crippen molar-refractivity contribution < 1.29 is 24.6 Å². The fraction of sp³-hybridized carbons (Fsp3) is 0.188. The van der Waals surface area contributed by atoms with Crippen molar-refractivity contribution in [3.8, 4) is 11.1 Å². The number of carboxylic acid groups (broad SMARTS) is 1. The van der Waals surface area contributed by atoms with Crippen LogP contribution in [0.5, 0.6) is 0 Å². The fourth-order valence-electron chi connectivity index (χ4n) is 2.05. The van der Waals surface area contributed by atoms with E-state index in [1.54, 1.807) is 43.3 Å². The van der Waals surface area contributed by atoms with Crippen LogP contribution in [0.25, 0.3) is 11.1 Å². The lowest BCUT2D eigenvalue weighted by Gasteiger charge is -2.11. The number of carbonyl (C=O) groups excluding carboxylic acids is 1. The number of nitrogens with one attached hydrogen (secondary N) is 1. The Morgan fingerprint density at radius 3 is 2.18 bits per heavy atom. The topological polar surface area (TPSA) is 90.5 Å². The van der Waals surface area contributed by atoms with E-state index in [4.69, 9.17) is 5.11 Å². The van der Waals surface area contributed by atoms with Crippen LogP contribution in [-0.2, 0) is 4.79 Å². The molecule has 1 unspecified atom stereocenters. The van der Waals surface area contributed by atoms with E-state index in [1.165, 1.54) is 12.4 Å². The van der Waals surface area contributed by atoms with Crippen molar-refractivity contribution in [3.05, 3.63) is 54.4 Å². The minimum Gasteiger partial charge on any atom is -0.481 e. The van der Waals surface area contributed by atoms with Gasteiger partial charge in [-0.25, -0.2) is 0 Å². The van der Waals surface area contributed by atoms with Gasteiger partial charge < -0.3 is 10.4 Å². The highest BCUT2D eigenvalue weighted by Gasteiger charge is 2.12.